The van der Waals surface area contributed by atoms with Crippen LogP contribution in [0.4, 0.5) is 0 Å². The number of hydrogen-bond acceptors (Lipinski definition) is 2. The predicted molar refractivity (Wildman–Crippen MR) is 67.5 cm³/mol. The van der Waals surface area contributed by atoms with E-state index in [2.05, 4.69) is 11.8 Å². The maximum atomic E-state index is 9.87. The molecule has 2 aliphatic rings. The number of rotatable bonds is 2. The van der Waals surface area contributed by atoms with Crippen molar-refractivity contribution in [3.8, 4) is 0 Å². The van der Waals surface area contributed by atoms with Gasteiger partial charge >= 0.3 is 0 Å². The van der Waals surface area contributed by atoms with Crippen LogP contribution >= 0.6 is 0 Å². The minimum absolute atomic E-state index is 0.0314. The summed E-state index contributed by atoms with van der Waals surface area (Å²) in [5, 5.41) is 9.87. The summed E-state index contributed by atoms with van der Waals surface area (Å²) in [6.45, 7) is 4.86. The zero-order valence-electron chi connectivity index (χ0n) is 10.7. The molecule has 3 atom stereocenters. The Morgan fingerprint density at radius 1 is 1.06 bits per heavy atom. The first kappa shape index (κ1) is 12.4. The largest absolute Gasteiger partial charge is 0.393 e. The lowest BCUT2D eigenvalue weighted by molar-refractivity contribution is 0.0268. The van der Waals surface area contributed by atoms with Gasteiger partial charge in [0.2, 0.25) is 0 Å². The molecule has 1 aliphatic heterocycles. The second kappa shape index (κ2) is 6.02. The third kappa shape index (κ3) is 2.98. The van der Waals surface area contributed by atoms with E-state index in [0.29, 0.717) is 6.04 Å². The molecule has 1 aliphatic carbocycles. The third-order valence-electron chi connectivity index (χ3n) is 4.56. The lowest BCUT2D eigenvalue weighted by Crippen LogP contribution is -2.46. The Labute approximate surface area is 100 Å². The van der Waals surface area contributed by atoms with Gasteiger partial charge < -0.3 is 10.0 Å². The maximum Gasteiger partial charge on any atom is 0.0555 e. The van der Waals surface area contributed by atoms with Crippen molar-refractivity contribution in [1.82, 2.24) is 4.90 Å². The molecule has 3 unspecified atom stereocenters. The summed E-state index contributed by atoms with van der Waals surface area (Å²) in [5.74, 6) is 0.835. The van der Waals surface area contributed by atoms with Crippen molar-refractivity contribution in [2.45, 2.75) is 70.4 Å². The summed E-state index contributed by atoms with van der Waals surface area (Å²) >= 11 is 0. The van der Waals surface area contributed by atoms with Gasteiger partial charge in [-0.1, -0.05) is 26.2 Å². The van der Waals surface area contributed by atoms with Gasteiger partial charge in [-0.15, -0.1) is 0 Å². The summed E-state index contributed by atoms with van der Waals surface area (Å²) in [4.78, 5) is 2.68. The average Bonchev–Trinajstić information content (AvgIpc) is 2.57. The fraction of sp³-hybridized carbons (Fsp3) is 1.00. The molecule has 0 aromatic rings. The molecule has 0 radical (unpaired) electrons. The number of hydrogen-bond donors (Lipinski definition) is 1. The molecular weight excluding hydrogens is 198 g/mol. The van der Waals surface area contributed by atoms with Crippen molar-refractivity contribution >= 4 is 0 Å². The fourth-order valence-corrected chi connectivity index (χ4v) is 3.54. The van der Waals surface area contributed by atoms with E-state index >= 15 is 0 Å². The van der Waals surface area contributed by atoms with Crippen LogP contribution in [0.25, 0.3) is 0 Å². The Kier molecular flexibility index (Phi) is 4.66. The van der Waals surface area contributed by atoms with Gasteiger partial charge in [0.15, 0.2) is 0 Å². The second-order valence-corrected chi connectivity index (χ2v) is 5.65. The van der Waals surface area contributed by atoms with Crippen molar-refractivity contribution < 1.29 is 5.11 Å². The molecule has 0 spiro atoms. The van der Waals surface area contributed by atoms with Crippen molar-refractivity contribution in [1.29, 1.82) is 0 Å². The Morgan fingerprint density at radius 3 is 2.38 bits per heavy atom. The van der Waals surface area contributed by atoms with Crippen molar-refractivity contribution in [2.24, 2.45) is 5.92 Å². The van der Waals surface area contributed by atoms with Crippen LogP contribution in [0.2, 0.25) is 0 Å². The van der Waals surface area contributed by atoms with Crippen molar-refractivity contribution in [3.05, 3.63) is 0 Å². The van der Waals surface area contributed by atoms with Gasteiger partial charge in [-0.05, 0) is 51.1 Å². The molecule has 1 saturated carbocycles. The van der Waals surface area contributed by atoms with Crippen molar-refractivity contribution in [3.63, 3.8) is 0 Å². The molecular formula is C14H27NO. The van der Waals surface area contributed by atoms with E-state index in [9.17, 15) is 5.11 Å². The highest BCUT2D eigenvalue weighted by atomic mass is 16.3. The SMILES string of the molecule is CCC1CCC(O)CC1N1CCCCCC1. The number of aliphatic hydroxyl groups is 1. The van der Waals surface area contributed by atoms with Gasteiger partial charge in [0.05, 0.1) is 6.10 Å². The van der Waals surface area contributed by atoms with Crippen LogP contribution in [-0.2, 0) is 0 Å². The van der Waals surface area contributed by atoms with E-state index in [1.54, 1.807) is 0 Å². The van der Waals surface area contributed by atoms with Crippen LogP contribution in [0.1, 0.15) is 58.3 Å². The van der Waals surface area contributed by atoms with E-state index in [1.165, 1.54) is 51.6 Å². The van der Waals surface area contributed by atoms with E-state index in [-0.39, 0.29) is 6.10 Å². The summed E-state index contributed by atoms with van der Waals surface area (Å²) in [5.41, 5.74) is 0. The Balaban J connectivity index is 1.97. The zero-order chi connectivity index (χ0) is 11.4. The molecule has 16 heavy (non-hydrogen) atoms. The second-order valence-electron chi connectivity index (χ2n) is 5.65. The smallest absolute Gasteiger partial charge is 0.0555 e. The minimum atomic E-state index is -0.0314. The monoisotopic (exact) mass is 225 g/mol. The highest BCUT2D eigenvalue weighted by Crippen LogP contribution is 2.32. The zero-order valence-corrected chi connectivity index (χ0v) is 10.7. The number of aliphatic hydroxyl groups excluding tert-OH is 1. The molecule has 2 heteroatoms. The van der Waals surface area contributed by atoms with E-state index < -0.39 is 0 Å². The molecule has 1 N–H and O–H groups in total. The van der Waals surface area contributed by atoms with Gasteiger partial charge in [0, 0.05) is 6.04 Å². The van der Waals surface area contributed by atoms with E-state index in [4.69, 9.17) is 0 Å². The van der Waals surface area contributed by atoms with Gasteiger partial charge in [0.25, 0.3) is 0 Å². The van der Waals surface area contributed by atoms with Crippen LogP contribution in [-0.4, -0.2) is 35.2 Å². The summed E-state index contributed by atoms with van der Waals surface area (Å²) < 4.78 is 0. The van der Waals surface area contributed by atoms with E-state index in [1.807, 2.05) is 0 Å². The summed E-state index contributed by atoms with van der Waals surface area (Å²) in [6.07, 6.45) is 10.1. The van der Waals surface area contributed by atoms with E-state index in [0.717, 1.165) is 18.8 Å². The first-order chi connectivity index (χ1) is 7.81. The first-order valence-electron chi connectivity index (χ1n) is 7.23. The molecule has 1 saturated heterocycles. The first-order valence-corrected chi connectivity index (χ1v) is 7.23. The highest BCUT2D eigenvalue weighted by molar-refractivity contribution is 4.87. The molecule has 0 amide bonds. The van der Waals surface area contributed by atoms with Gasteiger partial charge in [-0.25, -0.2) is 0 Å². The van der Waals surface area contributed by atoms with Gasteiger partial charge in [0.1, 0.15) is 0 Å². The minimum Gasteiger partial charge on any atom is -0.393 e. The lowest BCUT2D eigenvalue weighted by atomic mass is 9.80. The van der Waals surface area contributed by atoms with Gasteiger partial charge in [-0.3, -0.25) is 0 Å². The average molecular weight is 225 g/mol. The van der Waals surface area contributed by atoms with Crippen LogP contribution in [0, 0.1) is 5.92 Å². The quantitative estimate of drug-likeness (QED) is 0.781. The molecule has 94 valence electrons. The molecule has 0 aromatic heterocycles. The number of nitrogens with zero attached hydrogens (tertiary/aromatic N) is 1. The van der Waals surface area contributed by atoms with Crippen LogP contribution in [0.15, 0.2) is 0 Å². The van der Waals surface area contributed by atoms with Crippen molar-refractivity contribution in [2.75, 3.05) is 13.1 Å². The topological polar surface area (TPSA) is 23.5 Å². The van der Waals surface area contributed by atoms with Crippen LogP contribution < -0.4 is 0 Å². The Hall–Kier alpha value is -0.0800. The Bertz CT molecular complexity index is 199. The third-order valence-corrected chi connectivity index (χ3v) is 4.56. The molecule has 2 nitrogen and oxygen atoms in total. The van der Waals surface area contributed by atoms with Gasteiger partial charge in [-0.2, -0.15) is 0 Å². The Morgan fingerprint density at radius 2 is 1.75 bits per heavy atom. The molecule has 2 rings (SSSR count). The number of likely N-dealkylation sites (tertiary alicyclic amines) is 1. The standard InChI is InChI=1S/C14H27NO/c1-2-12-7-8-13(16)11-14(12)15-9-5-3-4-6-10-15/h12-14,16H,2-11H2,1H3. The molecule has 1 heterocycles. The maximum absolute atomic E-state index is 9.87. The molecule has 0 bridgehead atoms. The predicted octanol–water partition coefficient (Wildman–Crippen LogP) is 2.80. The fourth-order valence-electron chi connectivity index (χ4n) is 3.54. The van der Waals surface area contributed by atoms with Crippen LogP contribution in [0.5, 0.6) is 0 Å². The summed E-state index contributed by atoms with van der Waals surface area (Å²) in [7, 11) is 0. The van der Waals surface area contributed by atoms with Crippen LogP contribution in [0.3, 0.4) is 0 Å². The normalized spacial score (nSPS) is 38.2. The summed E-state index contributed by atoms with van der Waals surface area (Å²) in [6, 6.07) is 0.673. The highest BCUT2D eigenvalue weighted by Gasteiger charge is 2.32. The molecule has 0 aromatic carbocycles. The lowest BCUT2D eigenvalue weighted by Gasteiger charge is -2.41. The molecule has 2 fully saturated rings.